The number of carbonyl (C=O) groups excluding carboxylic acids is 1. The van der Waals surface area contributed by atoms with Gasteiger partial charge in [-0.05, 0) is 57.4 Å². The molecule has 0 spiro atoms. The zero-order valence-corrected chi connectivity index (χ0v) is 17.0. The van der Waals surface area contributed by atoms with Crippen molar-refractivity contribution in [3.63, 3.8) is 0 Å². The number of nitrogens with one attached hydrogen (secondary N) is 1. The van der Waals surface area contributed by atoms with Gasteiger partial charge in [-0.1, -0.05) is 12.1 Å². The van der Waals surface area contributed by atoms with E-state index in [4.69, 9.17) is 4.98 Å². The van der Waals surface area contributed by atoms with Crippen molar-refractivity contribution in [3.8, 4) is 0 Å². The van der Waals surface area contributed by atoms with Crippen molar-refractivity contribution in [2.45, 2.75) is 44.9 Å². The summed E-state index contributed by atoms with van der Waals surface area (Å²) in [5.74, 6) is -0.701. The topological polar surface area (TPSA) is 97.1 Å². The molecule has 1 amide bonds. The summed E-state index contributed by atoms with van der Waals surface area (Å²) in [7, 11) is 1.84. The van der Waals surface area contributed by atoms with Gasteiger partial charge in [0, 0.05) is 24.3 Å². The predicted molar refractivity (Wildman–Crippen MR) is 110 cm³/mol. The number of carboxylic acid groups (broad SMARTS) is 1. The molecule has 0 saturated heterocycles. The molecule has 4 rings (SSSR count). The zero-order chi connectivity index (χ0) is 20.9. The molecule has 1 aliphatic carbocycles. The molecule has 0 bridgehead atoms. The van der Waals surface area contributed by atoms with Crippen molar-refractivity contribution in [2.75, 3.05) is 5.32 Å². The van der Waals surface area contributed by atoms with Crippen molar-refractivity contribution < 1.29 is 14.7 Å². The van der Waals surface area contributed by atoms with E-state index in [0.717, 1.165) is 35.3 Å². The lowest BCUT2D eigenvalue weighted by atomic mass is 9.85. The normalized spacial score (nSPS) is 14.2. The van der Waals surface area contributed by atoms with Crippen molar-refractivity contribution in [1.82, 2.24) is 14.8 Å². The number of carboxylic acids is 1. The van der Waals surface area contributed by atoms with Gasteiger partial charge in [-0.25, -0.2) is 4.98 Å². The number of pyridine rings is 1. The molecular formula is C22H24N4O3. The number of carbonyl (C=O) groups is 2. The van der Waals surface area contributed by atoms with E-state index in [1.807, 2.05) is 20.0 Å². The Kier molecular flexibility index (Phi) is 4.41. The van der Waals surface area contributed by atoms with Crippen molar-refractivity contribution >= 4 is 28.6 Å². The molecule has 29 heavy (non-hydrogen) atoms. The zero-order valence-electron chi connectivity index (χ0n) is 17.0. The van der Waals surface area contributed by atoms with Crippen LogP contribution in [-0.4, -0.2) is 31.7 Å². The molecule has 0 radical (unpaired) electrons. The second kappa shape index (κ2) is 6.69. The van der Waals surface area contributed by atoms with Crippen LogP contribution in [0.3, 0.4) is 0 Å². The van der Waals surface area contributed by atoms with Crippen LogP contribution in [0.4, 0.5) is 5.69 Å². The van der Waals surface area contributed by atoms with Gasteiger partial charge in [0.25, 0.3) is 5.91 Å². The summed E-state index contributed by atoms with van der Waals surface area (Å²) < 4.78 is 1.72. The summed E-state index contributed by atoms with van der Waals surface area (Å²) in [5.41, 5.74) is 3.28. The number of fused-ring (bicyclic) bond motifs is 1. The summed E-state index contributed by atoms with van der Waals surface area (Å²) >= 11 is 0. The van der Waals surface area contributed by atoms with Crippen LogP contribution in [0.25, 0.3) is 11.0 Å². The quantitative estimate of drug-likeness (QED) is 0.689. The maximum absolute atomic E-state index is 13.1. The number of aryl methyl sites for hydroxylation is 2. The third-order valence-corrected chi connectivity index (χ3v) is 5.63. The van der Waals surface area contributed by atoms with Crippen LogP contribution >= 0.6 is 0 Å². The van der Waals surface area contributed by atoms with E-state index in [0.29, 0.717) is 22.7 Å². The van der Waals surface area contributed by atoms with E-state index in [1.165, 1.54) is 0 Å². The Hall–Kier alpha value is -3.22. The standard InChI is InChI=1S/C22H24N4O3/c1-12-18-16(11-17(13-5-6-13)24-19(18)26(4)25-12)20(27)23-15-9-7-14(8-10-15)22(2,3)21(28)29/h7-11,13H,5-6H2,1-4H3,(H,23,27)(H,28,29). The highest BCUT2D eigenvalue weighted by Crippen LogP contribution is 2.40. The number of hydrogen-bond acceptors (Lipinski definition) is 4. The first kappa shape index (κ1) is 19.1. The first-order valence-corrected chi connectivity index (χ1v) is 9.68. The summed E-state index contributed by atoms with van der Waals surface area (Å²) in [4.78, 5) is 29.3. The van der Waals surface area contributed by atoms with Gasteiger partial charge in [0.2, 0.25) is 0 Å². The first-order valence-electron chi connectivity index (χ1n) is 9.68. The van der Waals surface area contributed by atoms with E-state index in [1.54, 1.807) is 42.8 Å². The largest absolute Gasteiger partial charge is 0.481 e. The third-order valence-electron chi connectivity index (χ3n) is 5.63. The fourth-order valence-electron chi connectivity index (χ4n) is 3.52. The molecule has 7 heteroatoms. The van der Waals surface area contributed by atoms with E-state index >= 15 is 0 Å². The number of rotatable bonds is 5. The van der Waals surface area contributed by atoms with Crippen molar-refractivity contribution in [2.24, 2.45) is 7.05 Å². The third kappa shape index (κ3) is 3.37. The molecule has 150 valence electrons. The van der Waals surface area contributed by atoms with E-state index in [-0.39, 0.29) is 5.91 Å². The molecule has 1 fully saturated rings. The van der Waals surface area contributed by atoms with Gasteiger partial charge in [0.1, 0.15) is 0 Å². The number of nitrogens with zero attached hydrogens (tertiary/aromatic N) is 3. The van der Waals surface area contributed by atoms with Gasteiger partial charge < -0.3 is 10.4 Å². The second-order valence-electron chi connectivity index (χ2n) is 8.24. The van der Waals surface area contributed by atoms with Gasteiger partial charge in [-0.2, -0.15) is 5.10 Å². The Bertz CT molecular complexity index is 1130. The first-order chi connectivity index (χ1) is 13.7. The molecule has 3 aromatic rings. The molecule has 2 aromatic heterocycles. The average Bonchev–Trinajstić information content (AvgIpc) is 3.48. The maximum atomic E-state index is 13.1. The van der Waals surface area contributed by atoms with Gasteiger partial charge in [-0.3, -0.25) is 14.3 Å². The minimum atomic E-state index is -0.994. The fourth-order valence-corrected chi connectivity index (χ4v) is 3.52. The van der Waals surface area contributed by atoms with Crippen LogP contribution in [0, 0.1) is 6.92 Å². The average molecular weight is 392 g/mol. The van der Waals surface area contributed by atoms with Crippen molar-refractivity contribution in [3.05, 3.63) is 52.8 Å². The number of anilines is 1. The van der Waals surface area contributed by atoms with Gasteiger partial charge in [0.05, 0.1) is 22.1 Å². The molecule has 1 aromatic carbocycles. The van der Waals surface area contributed by atoms with Crippen LogP contribution < -0.4 is 5.32 Å². The molecule has 0 unspecified atom stereocenters. The van der Waals surface area contributed by atoms with Crippen LogP contribution in [0.15, 0.2) is 30.3 Å². The SMILES string of the molecule is Cc1nn(C)c2nc(C3CC3)cc(C(=O)Nc3ccc(C(C)(C)C(=O)O)cc3)c12. The van der Waals surface area contributed by atoms with E-state index < -0.39 is 11.4 Å². The predicted octanol–water partition coefficient (Wildman–Crippen LogP) is 3.77. The van der Waals surface area contributed by atoms with E-state index in [2.05, 4.69) is 10.4 Å². The highest BCUT2D eigenvalue weighted by molar-refractivity contribution is 6.12. The minimum absolute atomic E-state index is 0.222. The number of hydrogen-bond donors (Lipinski definition) is 2. The molecule has 2 N–H and O–H groups in total. The Balaban J connectivity index is 1.67. The smallest absolute Gasteiger partial charge is 0.313 e. The van der Waals surface area contributed by atoms with E-state index in [9.17, 15) is 14.7 Å². The lowest BCUT2D eigenvalue weighted by molar-refractivity contribution is -0.142. The fraction of sp³-hybridized carbons (Fsp3) is 0.364. The lowest BCUT2D eigenvalue weighted by Gasteiger charge is -2.20. The Labute approximate surface area is 168 Å². The molecule has 1 aliphatic rings. The number of aliphatic carboxylic acids is 1. The number of amides is 1. The summed E-state index contributed by atoms with van der Waals surface area (Å²) in [5, 5.41) is 17.5. The Morgan fingerprint density at radius 3 is 2.45 bits per heavy atom. The summed E-state index contributed by atoms with van der Waals surface area (Å²) in [6.07, 6.45) is 2.19. The molecule has 1 saturated carbocycles. The summed E-state index contributed by atoms with van der Waals surface area (Å²) in [6, 6.07) is 8.81. The second-order valence-corrected chi connectivity index (χ2v) is 8.24. The Morgan fingerprint density at radius 1 is 1.21 bits per heavy atom. The molecular weight excluding hydrogens is 368 g/mol. The van der Waals surface area contributed by atoms with Crippen LogP contribution in [0.1, 0.15) is 59.9 Å². The molecule has 2 heterocycles. The molecule has 7 nitrogen and oxygen atoms in total. The molecule has 0 atom stereocenters. The highest BCUT2D eigenvalue weighted by atomic mass is 16.4. The number of benzene rings is 1. The van der Waals surface area contributed by atoms with Gasteiger partial charge in [0.15, 0.2) is 5.65 Å². The molecule has 0 aliphatic heterocycles. The van der Waals surface area contributed by atoms with Gasteiger partial charge in [-0.15, -0.1) is 0 Å². The van der Waals surface area contributed by atoms with Crippen molar-refractivity contribution in [1.29, 1.82) is 0 Å². The van der Waals surface area contributed by atoms with Crippen LogP contribution in [0.2, 0.25) is 0 Å². The van der Waals surface area contributed by atoms with Crippen LogP contribution in [0.5, 0.6) is 0 Å². The Morgan fingerprint density at radius 2 is 1.86 bits per heavy atom. The monoisotopic (exact) mass is 392 g/mol. The maximum Gasteiger partial charge on any atom is 0.313 e. The number of aromatic nitrogens is 3. The minimum Gasteiger partial charge on any atom is -0.481 e. The summed E-state index contributed by atoms with van der Waals surface area (Å²) in [6.45, 7) is 5.18. The van der Waals surface area contributed by atoms with Crippen LogP contribution in [-0.2, 0) is 17.3 Å². The lowest BCUT2D eigenvalue weighted by Crippen LogP contribution is -2.28. The highest BCUT2D eigenvalue weighted by Gasteiger charge is 2.30. The van der Waals surface area contributed by atoms with Gasteiger partial charge >= 0.3 is 5.97 Å².